The monoisotopic (exact) mass is 271 g/mol. The molecule has 0 aromatic carbocycles. The van der Waals surface area contributed by atoms with Crippen LogP contribution in [0, 0.1) is 5.92 Å². The third kappa shape index (κ3) is 6.60. The van der Waals surface area contributed by atoms with Gasteiger partial charge in [-0.25, -0.2) is 0 Å². The van der Waals surface area contributed by atoms with Crippen LogP contribution in [-0.4, -0.2) is 36.5 Å². The first-order valence-corrected chi connectivity index (χ1v) is 7.63. The number of carbonyl (C=O) groups is 2. The highest BCUT2D eigenvalue weighted by molar-refractivity contribution is 5.86. The summed E-state index contributed by atoms with van der Waals surface area (Å²) in [6, 6.07) is 0. The number of carbonyl (C=O) groups excluding carboxylic acids is 2. The van der Waals surface area contributed by atoms with Gasteiger partial charge in [0.15, 0.2) is 0 Å². The van der Waals surface area contributed by atoms with Crippen LogP contribution in [0.1, 0.15) is 59.8 Å². The predicted molar refractivity (Wildman–Crippen MR) is 76.8 cm³/mol. The third-order valence-electron chi connectivity index (χ3n) is 3.07. The first-order chi connectivity index (χ1) is 9.19. The minimum Gasteiger partial charge on any atom is -0.465 e. The summed E-state index contributed by atoms with van der Waals surface area (Å²) in [5, 5.41) is 0. The van der Waals surface area contributed by atoms with E-state index < -0.39 is 0 Å². The fourth-order valence-corrected chi connectivity index (χ4v) is 1.93. The number of hydrogen-bond acceptors (Lipinski definition) is 3. The van der Waals surface area contributed by atoms with Crippen molar-refractivity contribution in [2.24, 2.45) is 5.92 Å². The van der Waals surface area contributed by atoms with Gasteiger partial charge < -0.3 is 9.64 Å². The number of nitrogens with zero attached hydrogens (tertiary/aromatic N) is 1. The second-order valence-electron chi connectivity index (χ2n) is 4.62. The van der Waals surface area contributed by atoms with Crippen molar-refractivity contribution in [3.8, 4) is 0 Å². The lowest BCUT2D eigenvalue weighted by Crippen LogP contribution is -2.27. The molecule has 112 valence electrons. The Bertz CT molecular complexity index is 266. The van der Waals surface area contributed by atoms with Crippen LogP contribution in [0.4, 0.5) is 0 Å². The lowest BCUT2D eigenvalue weighted by atomic mass is 10.1. The SMILES string of the molecule is CC.CCCCOC(=O)C1CC(=O)N(CCCC)C1. The van der Waals surface area contributed by atoms with Crippen LogP contribution in [0.15, 0.2) is 0 Å². The average Bonchev–Trinajstić information content (AvgIpc) is 2.80. The molecule has 19 heavy (non-hydrogen) atoms. The lowest BCUT2D eigenvalue weighted by molar-refractivity contribution is -0.148. The Morgan fingerprint density at radius 2 is 1.89 bits per heavy atom. The zero-order valence-electron chi connectivity index (χ0n) is 12.9. The number of esters is 1. The van der Waals surface area contributed by atoms with Crippen molar-refractivity contribution in [3.63, 3.8) is 0 Å². The number of likely N-dealkylation sites (tertiary alicyclic amines) is 1. The Labute approximate surface area is 117 Å². The first kappa shape index (κ1) is 17.9. The molecule has 4 nitrogen and oxygen atoms in total. The van der Waals surface area contributed by atoms with Crippen LogP contribution in [0.2, 0.25) is 0 Å². The molecule has 0 aliphatic carbocycles. The maximum Gasteiger partial charge on any atom is 0.311 e. The van der Waals surface area contributed by atoms with Crippen LogP contribution < -0.4 is 0 Å². The Morgan fingerprint density at radius 3 is 2.47 bits per heavy atom. The van der Waals surface area contributed by atoms with Gasteiger partial charge >= 0.3 is 5.97 Å². The molecule has 4 heteroatoms. The molecule has 1 saturated heterocycles. The molecule has 0 bridgehead atoms. The van der Waals surface area contributed by atoms with Gasteiger partial charge in [0, 0.05) is 19.5 Å². The Hall–Kier alpha value is -1.06. The minimum absolute atomic E-state index is 0.0934. The standard InChI is InChI=1S/C13H23NO3.C2H6/c1-3-5-7-14-10-11(9-12(14)15)13(16)17-8-6-4-2;1-2/h11H,3-10H2,1-2H3;1-2H3. The Balaban J connectivity index is 0.00000154. The van der Waals surface area contributed by atoms with E-state index in [0.29, 0.717) is 19.6 Å². The maximum absolute atomic E-state index is 11.7. The van der Waals surface area contributed by atoms with Crippen molar-refractivity contribution in [2.45, 2.75) is 59.8 Å². The quantitative estimate of drug-likeness (QED) is 0.528. The molecular formula is C15H29NO3. The maximum atomic E-state index is 11.7. The van der Waals surface area contributed by atoms with E-state index in [9.17, 15) is 9.59 Å². The summed E-state index contributed by atoms with van der Waals surface area (Å²) in [6.07, 6.45) is 4.30. The molecule has 0 aromatic rings. The van der Waals surface area contributed by atoms with Gasteiger partial charge in [-0.3, -0.25) is 9.59 Å². The van der Waals surface area contributed by atoms with Crippen LogP contribution in [-0.2, 0) is 14.3 Å². The van der Waals surface area contributed by atoms with Gasteiger partial charge in [-0.1, -0.05) is 40.5 Å². The van der Waals surface area contributed by atoms with E-state index in [-0.39, 0.29) is 17.8 Å². The van der Waals surface area contributed by atoms with E-state index in [2.05, 4.69) is 13.8 Å². The average molecular weight is 271 g/mol. The zero-order chi connectivity index (χ0) is 14.7. The number of hydrogen-bond donors (Lipinski definition) is 0. The van der Waals surface area contributed by atoms with Gasteiger partial charge in [-0.2, -0.15) is 0 Å². The van der Waals surface area contributed by atoms with Crippen molar-refractivity contribution >= 4 is 11.9 Å². The van der Waals surface area contributed by atoms with Crippen LogP contribution in [0.3, 0.4) is 0 Å². The van der Waals surface area contributed by atoms with Crippen LogP contribution >= 0.6 is 0 Å². The molecule has 1 rings (SSSR count). The van der Waals surface area contributed by atoms with E-state index in [1.165, 1.54) is 0 Å². The van der Waals surface area contributed by atoms with Crippen LogP contribution in [0.25, 0.3) is 0 Å². The van der Waals surface area contributed by atoms with Crippen molar-refractivity contribution in [1.29, 1.82) is 0 Å². The summed E-state index contributed by atoms with van der Waals surface area (Å²) in [5.41, 5.74) is 0. The fraction of sp³-hybridized carbons (Fsp3) is 0.867. The summed E-state index contributed by atoms with van der Waals surface area (Å²) in [4.78, 5) is 25.1. The van der Waals surface area contributed by atoms with Crippen LogP contribution in [0.5, 0.6) is 0 Å². The Kier molecular flexibility index (Phi) is 10.2. The van der Waals surface area contributed by atoms with Gasteiger partial charge in [0.25, 0.3) is 0 Å². The van der Waals surface area contributed by atoms with E-state index in [1.54, 1.807) is 4.90 Å². The second kappa shape index (κ2) is 10.8. The molecule has 1 fully saturated rings. The molecule has 0 N–H and O–H groups in total. The molecule has 1 unspecified atom stereocenters. The highest BCUT2D eigenvalue weighted by Gasteiger charge is 2.34. The van der Waals surface area contributed by atoms with E-state index in [0.717, 1.165) is 32.2 Å². The molecule has 0 saturated carbocycles. The normalized spacial score (nSPS) is 18.0. The Morgan fingerprint density at radius 1 is 1.26 bits per heavy atom. The van der Waals surface area contributed by atoms with E-state index >= 15 is 0 Å². The van der Waals surface area contributed by atoms with Gasteiger partial charge in [0.2, 0.25) is 5.91 Å². The summed E-state index contributed by atoms with van der Waals surface area (Å²) in [6.45, 7) is 9.95. The van der Waals surface area contributed by atoms with Gasteiger partial charge in [-0.05, 0) is 12.8 Å². The summed E-state index contributed by atoms with van der Waals surface area (Å²) < 4.78 is 5.15. The van der Waals surface area contributed by atoms with Crippen molar-refractivity contribution in [2.75, 3.05) is 19.7 Å². The second-order valence-corrected chi connectivity index (χ2v) is 4.62. The number of amides is 1. The van der Waals surface area contributed by atoms with Gasteiger partial charge in [-0.15, -0.1) is 0 Å². The molecule has 1 atom stereocenters. The molecule has 0 spiro atoms. The van der Waals surface area contributed by atoms with Crippen molar-refractivity contribution in [1.82, 2.24) is 4.90 Å². The summed E-state index contributed by atoms with van der Waals surface area (Å²) in [5.74, 6) is -0.349. The molecule has 0 aromatic heterocycles. The zero-order valence-corrected chi connectivity index (χ0v) is 12.9. The topological polar surface area (TPSA) is 46.6 Å². The first-order valence-electron chi connectivity index (χ1n) is 7.63. The molecular weight excluding hydrogens is 242 g/mol. The molecule has 1 aliphatic heterocycles. The highest BCUT2D eigenvalue weighted by atomic mass is 16.5. The highest BCUT2D eigenvalue weighted by Crippen LogP contribution is 2.19. The summed E-state index contributed by atoms with van der Waals surface area (Å²) >= 11 is 0. The van der Waals surface area contributed by atoms with E-state index in [4.69, 9.17) is 4.74 Å². The van der Waals surface area contributed by atoms with Crippen molar-refractivity contribution in [3.05, 3.63) is 0 Å². The largest absolute Gasteiger partial charge is 0.465 e. The van der Waals surface area contributed by atoms with E-state index in [1.807, 2.05) is 13.8 Å². The number of ether oxygens (including phenoxy) is 1. The van der Waals surface area contributed by atoms with Crippen molar-refractivity contribution < 1.29 is 14.3 Å². The van der Waals surface area contributed by atoms with Gasteiger partial charge in [0.05, 0.1) is 12.5 Å². The lowest BCUT2D eigenvalue weighted by Gasteiger charge is -2.15. The number of rotatable bonds is 7. The minimum atomic E-state index is -0.240. The number of unbranched alkanes of at least 4 members (excludes halogenated alkanes) is 2. The molecule has 1 aliphatic rings. The fourth-order valence-electron chi connectivity index (χ4n) is 1.93. The third-order valence-corrected chi connectivity index (χ3v) is 3.07. The predicted octanol–water partition coefficient (Wildman–Crippen LogP) is 3.00. The summed E-state index contributed by atoms with van der Waals surface area (Å²) in [7, 11) is 0. The molecule has 1 amide bonds. The van der Waals surface area contributed by atoms with Gasteiger partial charge in [0.1, 0.15) is 0 Å². The smallest absolute Gasteiger partial charge is 0.311 e. The molecule has 0 radical (unpaired) electrons. The molecule has 1 heterocycles.